The Morgan fingerprint density at radius 2 is 2.10 bits per heavy atom. The van der Waals surface area contributed by atoms with E-state index in [1.54, 1.807) is 7.05 Å². The molecule has 1 N–H and O–H groups in total. The van der Waals surface area contributed by atoms with E-state index in [9.17, 15) is 4.79 Å². The molecule has 0 aliphatic carbocycles. The minimum absolute atomic E-state index is 0. The molecule has 0 aromatic rings. The van der Waals surface area contributed by atoms with Gasteiger partial charge in [-0.3, -0.25) is 4.79 Å². The van der Waals surface area contributed by atoms with Gasteiger partial charge in [-0.15, -0.1) is 0 Å². The van der Waals surface area contributed by atoms with Gasteiger partial charge in [0.2, 0.25) is 5.91 Å². The molecule has 0 atom stereocenters. The summed E-state index contributed by atoms with van der Waals surface area (Å²) in [7, 11) is 1.67. The minimum Gasteiger partial charge on any atom is -0.359 e. The Labute approximate surface area is 64.5 Å². The Bertz CT molecular complexity index is 123. The Hall–Kier alpha value is -0.530. The molecule has 0 heterocycles. The fourth-order valence-electron chi connectivity index (χ4n) is 0.648. The molecule has 62 valence electrons. The summed E-state index contributed by atoms with van der Waals surface area (Å²) in [5.41, 5.74) is 0.153. The van der Waals surface area contributed by atoms with Crippen LogP contribution in [0.4, 0.5) is 0 Å². The number of amides is 1. The lowest BCUT2D eigenvalue weighted by atomic mass is 9.86. The predicted octanol–water partition coefficient (Wildman–Crippen LogP) is 1.80. The second-order valence-electron chi connectivity index (χ2n) is 3.37. The van der Waals surface area contributed by atoms with E-state index in [2.05, 4.69) is 26.1 Å². The van der Waals surface area contributed by atoms with Crippen molar-refractivity contribution in [3.63, 3.8) is 0 Å². The molecule has 0 aromatic carbocycles. The summed E-state index contributed by atoms with van der Waals surface area (Å²) in [5.74, 6) is 0.131. The standard InChI is InChI=1S/C8H17NO.H2/c1-5-8(2,3)6-7(10)9-4;/h5-6H2,1-4H3,(H,9,10);1H. The van der Waals surface area contributed by atoms with Gasteiger partial charge in [0.25, 0.3) is 0 Å². The molecule has 0 aliphatic heterocycles. The fraction of sp³-hybridized carbons (Fsp3) is 0.875. The number of carbonyl (C=O) groups excluding carboxylic acids is 1. The molecular weight excluding hydrogens is 126 g/mol. The van der Waals surface area contributed by atoms with Crippen LogP contribution in [0.25, 0.3) is 0 Å². The van der Waals surface area contributed by atoms with Crippen LogP contribution in [0.3, 0.4) is 0 Å². The normalized spacial score (nSPS) is 11.2. The highest BCUT2D eigenvalue weighted by Crippen LogP contribution is 2.23. The first-order chi connectivity index (χ1) is 4.52. The van der Waals surface area contributed by atoms with Gasteiger partial charge < -0.3 is 5.32 Å². The van der Waals surface area contributed by atoms with Gasteiger partial charge in [-0.05, 0) is 5.41 Å². The molecule has 2 heteroatoms. The smallest absolute Gasteiger partial charge is 0.220 e. The maximum Gasteiger partial charge on any atom is 0.220 e. The molecule has 0 saturated carbocycles. The highest BCUT2D eigenvalue weighted by Gasteiger charge is 2.18. The summed E-state index contributed by atoms with van der Waals surface area (Å²) in [4.78, 5) is 10.9. The van der Waals surface area contributed by atoms with Crippen molar-refractivity contribution in [1.82, 2.24) is 5.32 Å². The lowest BCUT2D eigenvalue weighted by molar-refractivity contribution is -0.122. The molecule has 0 radical (unpaired) electrons. The third-order valence-corrected chi connectivity index (χ3v) is 1.88. The van der Waals surface area contributed by atoms with Gasteiger partial charge in [-0.25, -0.2) is 0 Å². The molecule has 0 aliphatic rings. The Balaban J connectivity index is 0. The Morgan fingerprint density at radius 1 is 1.60 bits per heavy atom. The van der Waals surface area contributed by atoms with Crippen LogP contribution in [0.15, 0.2) is 0 Å². The van der Waals surface area contributed by atoms with Crippen LogP contribution in [0.1, 0.15) is 35.0 Å². The summed E-state index contributed by atoms with van der Waals surface area (Å²) in [6, 6.07) is 0. The number of rotatable bonds is 3. The van der Waals surface area contributed by atoms with Gasteiger partial charge in [-0.1, -0.05) is 27.2 Å². The molecule has 0 saturated heterocycles. The summed E-state index contributed by atoms with van der Waals surface area (Å²) in [6.45, 7) is 6.30. The summed E-state index contributed by atoms with van der Waals surface area (Å²) >= 11 is 0. The van der Waals surface area contributed by atoms with E-state index in [1.807, 2.05) is 0 Å². The van der Waals surface area contributed by atoms with Crippen LogP contribution in [0.5, 0.6) is 0 Å². The molecule has 0 unspecified atom stereocenters. The van der Waals surface area contributed by atoms with Crippen molar-refractivity contribution >= 4 is 5.91 Å². The SMILES string of the molecule is CCC(C)(C)CC(=O)NC.[HH]. The minimum atomic E-state index is 0. The molecule has 0 spiro atoms. The van der Waals surface area contributed by atoms with Gasteiger partial charge >= 0.3 is 0 Å². The molecule has 0 rings (SSSR count). The van der Waals surface area contributed by atoms with Crippen molar-refractivity contribution in [2.24, 2.45) is 5.41 Å². The van der Waals surface area contributed by atoms with E-state index in [1.165, 1.54) is 0 Å². The molecular formula is C8H19NO. The average Bonchev–Trinajstić information content (AvgIpc) is 1.87. The van der Waals surface area contributed by atoms with E-state index in [4.69, 9.17) is 0 Å². The summed E-state index contributed by atoms with van der Waals surface area (Å²) in [5, 5.41) is 2.62. The molecule has 10 heavy (non-hydrogen) atoms. The van der Waals surface area contributed by atoms with E-state index in [0.29, 0.717) is 6.42 Å². The van der Waals surface area contributed by atoms with Crippen LogP contribution in [-0.2, 0) is 4.79 Å². The third-order valence-electron chi connectivity index (χ3n) is 1.88. The number of carbonyl (C=O) groups is 1. The van der Waals surface area contributed by atoms with Crippen molar-refractivity contribution < 1.29 is 6.22 Å². The predicted molar refractivity (Wildman–Crippen MR) is 44.9 cm³/mol. The van der Waals surface area contributed by atoms with Crippen molar-refractivity contribution in [2.45, 2.75) is 33.6 Å². The highest BCUT2D eigenvalue weighted by atomic mass is 16.1. The molecule has 0 aromatic heterocycles. The van der Waals surface area contributed by atoms with Crippen molar-refractivity contribution in [1.29, 1.82) is 0 Å². The zero-order chi connectivity index (χ0) is 8.20. The maximum atomic E-state index is 10.9. The second kappa shape index (κ2) is 3.59. The first kappa shape index (κ1) is 9.47. The van der Waals surface area contributed by atoms with Crippen LogP contribution in [-0.4, -0.2) is 13.0 Å². The second-order valence-corrected chi connectivity index (χ2v) is 3.37. The Morgan fingerprint density at radius 3 is 2.40 bits per heavy atom. The monoisotopic (exact) mass is 145 g/mol. The maximum absolute atomic E-state index is 10.9. The number of nitrogens with one attached hydrogen (secondary N) is 1. The average molecular weight is 145 g/mol. The van der Waals surface area contributed by atoms with E-state index >= 15 is 0 Å². The van der Waals surface area contributed by atoms with Crippen LogP contribution in [0.2, 0.25) is 0 Å². The molecule has 0 bridgehead atoms. The number of hydrogen-bond donors (Lipinski definition) is 1. The highest BCUT2D eigenvalue weighted by molar-refractivity contribution is 5.76. The molecule has 2 nitrogen and oxygen atoms in total. The van der Waals surface area contributed by atoms with Crippen molar-refractivity contribution in [2.75, 3.05) is 7.05 Å². The lowest BCUT2D eigenvalue weighted by Gasteiger charge is -2.20. The fourth-order valence-corrected chi connectivity index (χ4v) is 0.648. The lowest BCUT2D eigenvalue weighted by Crippen LogP contribution is -2.25. The van der Waals surface area contributed by atoms with Crippen molar-refractivity contribution in [3.05, 3.63) is 0 Å². The van der Waals surface area contributed by atoms with Gasteiger partial charge in [0.1, 0.15) is 0 Å². The van der Waals surface area contributed by atoms with Gasteiger partial charge in [-0.2, -0.15) is 0 Å². The topological polar surface area (TPSA) is 29.1 Å². The summed E-state index contributed by atoms with van der Waals surface area (Å²) < 4.78 is 0. The van der Waals surface area contributed by atoms with Crippen LogP contribution < -0.4 is 5.32 Å². The van der Waals surface area contributed by atoms with Crippen molar-refractivity contribution in [3.8, 4) is 0 Å². The van der Waals surface area contributed by atoms with Crippen LogP contribution in [0, 0.1) is 5.41 Å². The first-order valence-corrected chi connectivity index (χ1v) is 3.72. The Kier molecular flexibility index (Phi) is 3.40. The van der Waals surface area contributed by atoms with Crippen LogP contribution >= 0.6 is 0 Å². The molecule has 1 amide bonds. The largest absolute Gasteiger partial charge is 0.359 e. The quantitative estimate of drug-likeness (QED) is 0.644. The van der Waals surface area contributed by atoms with Gasteiger partial charge in [0.15, 0.2) is 0 Å². The molecule has 0 fully saturated rings. The third kappa shape index (κ3) is 3.49. The van der Waals surface area contributed by atoms with E-state index in [0.717, 1.165) is 6.42 Å². The number of hydrogen-bond acceptors (Lipinski definition) is 1. The first-order valence-electron chi connectivity index (χ1n) is 3.72. The summed E-state index contributed by atoms with van der Waals surface area (Å²) in [6.07, 6.45) is 1.67. The van der Waals surface area contributed by atoms with E-state index < -0.39 is 0 Å². The van der Waals surface area contributed by atoms with Gasteiger partial charge in [0.05, 0.1) is 0 Å². The zero-order valence-electron chi connectivity index (χ0n) is 7.32. The van der Waals surface area contributed by atoms with E-state index in [-0.39, 0.29) is 12.7 Å². The van der Waals surface area contributed by atoms with Gasteiger partial charge in [0, 0.05) is 14.9 Å². The zero-order valence-corrected chi connectivity index (χ0v) is 7.32.